The number of amides is 1. The first kappa shape index (κ1) is 21.0. The summed E-state index contributed by atoms with van der Waals surface area (Å²) in [4.78, 5) is 14.7. The number of sulfonamides is 1. The van der Waals surface area contributed by atoms with Crippen molar-refractivity contribution >= 4 is 16.3 Å². The van der Waals surface area contributed by atoms with Crippen LogP contribution < -0.4 is 4.74 Å². The molecule has 1 saturated heterocycles. The van der Waals surface area contributed by atoms with Crippen molar-refractivity contribution < 1.29 is 22.8 Å². The molecule has 4 rings (SSSR count). The molecule has 2 aliphatic rings. The standard InChI is InChI=1S/C21H27N3O5S/c1-15-18(16(2)29-22-15)12-20(25)23-10-8-21(9-11-23)14-24(30(3,26)27)13-17-6-4-5-7-19(17)28-21/h4-7H,8-14H2,1-3H3. The minimum absolute atomic E-state index is 0.0215. The van der Waals surface area contributed by atoms with E-state index >= 15 is 0 Å². The van der Waals surface area contributed by atoms with Crippen LogP contribution in [0.5, 0.6) is 5.75 Å². The van der Waals surface area contributed by atoms with Crippen molar-refractivity contribution in [2.45, 2.75) is 45.3 Å². The van der Waals surface area contributed by atoms with Crippen LogP contribution >= 0.6 is 0 Å². The average molecular weight is 434 g/mol. The van der Waals surface area contributed by atoms with Crippen molar-refractivity contribution in [2.75, 3.05) is 25.9 Å². The highest BCUT2D eigenvalue weighted by Gasteiger charge is 2.45. The first-order valence-corrected chi connectivity index (χ1v) is 11.9. The van der Waals surface area contributed by atoms with Crippen molar-refractivity contribution in [1.82, 2.24) is 14.4 Å². The number of carbonyl (C=O) groups is 1. The third-order valence-electron chi connectivity index (χ3n) is 6.12. The normalized spacial score (nSPS) is 20.9. The Labute approximate surface area is 177 Å². The van der Waals surface area contributed by atoms with E-state index in [-0.39, 0.29) is 18.9 Å². The smallest absolute Gasteiger partial charge is 0.227 e. The number of aryl methyl sites for hydroxylation is 2. The second kappa shape index (κ2) is 7.79. The SMILES string of the molecule is Cc1noc(C)c1CC(=O)N1CCC2(CC1)CN([S+](C)(=O)[O-])Cc1ccccc1O2. The summed E-state index contributed by atoms with van der Waals surface area (Å²) in [5, 5.41) is 3.92. The molecule has 162 valence electrons. The van der Waals surface area contributed by atoms with Crippen LogP contribution in [0, 0.1) is 13.8 Å². The number of fused-ring (bicyclic) bond motifs is 1. The second-order valence-electron chi connectivity index (χ2n) is 8.28. The molecule has 0 aliphatic carbocycles. The quantitative estimate of drug-likeness (QED) is 0.689. The van der Waals surface area contributed by atoms with Crippen LogP contribution in [0.3, 0.4) is 0 Å². The maximum atomic E-state index is 12.8. The van der Waals surface area contributed by atoms with E-state index in [1.807, 2.05) is 43.0 Å². The van der Waals surface area contributed by atoms with Gasteiger partial charge in [-0.1, -0.05) is 27.6 Å². The molecule has 1 aromatic heterocycles. The number of benzene rings is 1. The first-order valence-electron chi connectivity index (χ1n) is 10.1. The summed E-state index contributed by atoms with van der Waals surface area (Å²) in [6, 6.07) is 7.56. The Morgan fingerprint density at radius 3 is 2.60 bits per heavy atom. The Hall–Kier alpha value is -2.23. The lowest BCUT2D eigenvalue weighted by atomic mass is 9.90. The third-order valence-corrected chi connectivity index (χ3v) is 7.31. The Balaban J connectivity index is 1.50. The topological polar surface area (TPSA) is 98.9 Å². The largest absolute Gasteiger partial charge is 0.598 e. The van der Waals surface area contributed by atoms with Gasteiger partial charge in [0.1, 0.15) is 33.8 Å². The Bertz CT molecular complexity index is 971. The number of likely N-dealkylation sites (tertiary alicyclic amines) is 1. The van der Waals surface area contributed by atoms with Crippen LogP contribution in [0.4, 0.5) is 0 Å². The third kappa shape index (κ3) is 4.14. The molecule has 0 N–H and O–H groups in total. The lowest BCUT2D eigenvalue weighted by Crippen LogP contribution is -2.55. The number of aromatic nitrogens is 1. The van der Waals surface area contributed by atoms with E-state index in [4.69, 9.17) is 9.26 Å². The molecule has 1 spiro atoms. The van der Waals surface area contributed by atoms with Gasteiger partial charge in [-0.2, -0.15) is 0 Å². The Morgan fingerprint density at radius 1 is 1.27 bits per heavy atom. The highest BCUT2D eigenvalue weighted by Crippen LogP contribution is 2.37. The molecule has 0 radical (unpaired) electrons. The number of para-hydroxylation sites is 1. The van der Waals surface area contributed by atoms with E-state index in [0.717, 1.165) is 22.6 Å². The molecular formula is C21H27N3O5S. The van der Waals surface area contributed by atoms with Gasteiger partial charge in [0.2, 0.25) is 5.91 Å². The van der Waals surface area contributed by atoms with Crippen LogP contribution in [-0.2, 0) is 32.4 Å². The molecule has 1 fully saturated rings. The molecule has 9 heteroatoms. The molecule has 30 heavy (non-hydrogen) atoms. The van der Waals surface area contributed by atoms with Crippen molar-refractivity contribution in [3.05, 3.63) is 46.8 Å². The molecule has 1 unspecified atom stereocenters. The summed E-state index contributed by atoms with van der Waals surface area (Å²) >= 11 is 0. The number of hydrogen-bond acceptors (Lipinski definition) is 6. The van der Waals surface area contributed by atoms with Gasteiger partial charge in [0.05, 0.1) is 25.2 Å². The van der Waals surface area contributed by atoms with Gasteiger partial charge in [-0.25, -0.2) is 0 Å². The zero-order valence-electron chi connectivity index (χ0n) is 17.6. The van der Waals surface area contributed by atoms with Crippen LogP contribution in [0.2, 0.25) is 0 Å². The van der Waals surface area contributed by atoms with Crippen LogP contribution in [0.25, 0.3) is 0 Å². The summed E-state index contributed by atoms with van der Waals surface area (Å²) in [5.74, 6) is 1.41. The number of nitrogens with zero attached hydrogens (tertiary/aromatic N) is 3. The molecule has 3 heterocycles. The van der Waals surface area contributed by atoms with Crippen molar-refractivity contribution in [3.63, 3.8) is 0 Å². The van der Waals surface area contributed by atoms with E-state index in [1.165, 1.54) is 10.6 Å². The highest BCUT2D eigenvalue weighted by molar-refractivity contribution is 7.94. The summed E-state index contributed by atoms with van der Waals surface area (Å²) in [5.41, 5.74) is 1.79. The van der Waals surface area contributed by atoms with Crippen LogP contribution in [-0.4, -0.2) is 56.3 Å². The van der Waals surface area contributed by atoms with Crippen molar-refractivity contribution in [2.24, 2.45) is 0 Å². The lowest BCUT2D eigenvalue weighted by molar-refractivity contribution is -0.134. The molecule has 0 saturated carbocycles. The molecule has 1 aromatic carbocycles. The predicted octanol–water partition coefficient (Wildman–Crippen LogP) is 2.26. The van der Waals surface area contributed by atoms with Gasteiger partial charge < -0.3 is 18.7 Å². The van der Waals surface area contributed by atoms with Gasteiger partial charge >= 0.3 is 0 Å². The van der Waals surface area contributed by atoms with Crippen molar-refractivity contribution in [3.8, 4) is 5.75 Å². The van der Waals surface area contributed by atoms with E-state index in [1.54, 1.807) is 0 Å². The summed E-state index contributed by atoms with van der Waals surface area (Å²) in [6.45, 7) is 5.26. The summed E-state index contributed by atoms with van der Waals surface area (Å²) in [6.07, 6.45) is 2.63. The van der Waals surface area contributed by atoms with Gasteiger partial charge in [0, 0.05) is 37.1 Å². The Morgan fingerprint density at radius 2 is 1.97 bits per heavy atom. The summed E-state index contributed by atoms with van der Waals surface area (Å²) in [7, 11) is -3.39. The Kier molecular flexibility index (Phi) is 5.46. The van der Waals surface area contributed by atoms with E-state index in [9.17, 15) is 13.6 Å². The van der Waals surface area contributed by atoms with E-state index in [0.29, 0.717) is 38.2 Å². The maximum absolute atomic E-state index is 12.8. The monoisotopic (exact) mass is 433 g/mol. The van der Waals surface area contributed by atoms with Crippen LogP contribution in [0.1, 0.15) is 35.4 Å². The minimum Gasteiger partial charge on any atom is -0.598 e. The second-order valence-corrected chi connectivity index (χ2v) is 10.3. The van der Waals surface area contributed by atoms with Gasteiger partial charge in [-0.3, -0.25) is 4.79 Å². The zero-order chi connectivity index (χ0) is 21.5. The number of piperidine rings is 1. The van der Waals surface area contributed by atoms with Gasteiger partial charge in [0.25, 0.3) is 0 Å². The minimum atomic E-state index is -3.39. The van der Waals surface area contributed by atoms with Crippen molar-refractivity contribution in [1.29, 1.82) is 0 Å². The van der Waals surface area contributed by atoms with Gasteiger partial charge in [-0.05, 0) is 19.9 Å². The summed E-state index contributed by atoms with van der Waals surface area (Å²) < 4.78 is 37.8. The molecule has 8 nitrogen and oxygen atoms in total. The lowest BCUT2D eigenvalue weighted by Gasteiger charge is -2.42. The maximum Gasteiger partial charge on any atom is 0.227 e. The number of hydrogen-bond donors (Lipinski definition) is 0. The molecular weight excluding hydrogens is 406 g/mol. The van der Waals surface area contributed by atoms with Gasteiger partial charge in [0.15, 0.2) is 0 Å². The first-order chi connectivity index (χ1) is 14.2. The molecule has 1 amide bonds. The molecule has 0 bridgehead atoms. The van der Waals surface area contributed by atoms with Gasteiger partial charge in [-0.15, -0.1) is 4.31 Å². The fraction of sp³-hybridized carbons (Fsp3) is 0.524. The number of carbonyl (C=O) groups excluding carboxylic acids is 1. The van der Waals surface area contributed by atoms with E-state index < -0.39 is 16.0 Å². The predicted molar refractivity (Wildman–Crippen MR) is 110 cm³/mol. The highest BCUT2D eigenvalue weighted by atomic mass is 32.3. The number of ether oxygens (including phenoxy) is 1. The fourth-order valence-corrected chi connectivity index (χ4v) is 5.09. The number of rotatable bonds is 3. The molecule has 1 atom stereocenters. The zero-order valence-corrected chi connectivity index (χ0v) is 18.4. The van der Waals surface area contributed by atoms with E-state index in [2.05, 4.69) is 5.16 Å². The molecule has 2 aromatic rings. The average Bonchev–Trinajstić information content (AvgIpc) is 2.91. The fourth-order valence-electron chi connectivity index (χ4n) is 4.24. The van der Waals surface area contributed by atoms with Crippen LogP contribution in [0.15, 0.2) is 28.8 Å². The molecule has 2 aliphatic heterocycles.